The number of aliphatic carboxylic acids is 1. The number of ether oxygens (including phenoxy) is 1. The first-order valence-electron chi connectivity index (χ1n) is 5.57. The van der Waals surface area contributed by atoms with Gasteiger partial charge < -0.3 is 9.84 Å². The highest BCUT2D eigenvalue weighted by atomic mass is 16.5. The van der Waals surface area contributed by atoms with Crippen LogP contribution in [0.4, 0.5) is 0 Å². The Bertz CT molecular complexity index is 213. The maximum Gasteiger partial charge on any atom is 0.314 e. The molecule has 2 rings (SSSR count). The Hall–Kier alpha value is -0.570. The molecule has 0 atom stereocenters. The molecule has 2 fully saturated rings. The minimum absolute atomic E-state index is 0.358. The lowest BCUT2D eigenvalue weighted by Crippen LogP contribution is -2.54. The molecule has 1 N–H and O–H groups in total. The summed E-state index contributed by atoms with van der Waals surface area (Å²) in [7, 11) is 0. The maximum atomic E-state index is 11.2. The van der Waals surface area contributed by atoms with Gasteiger partial charge in [-0.15, -0.1) is 0 Å². The average Bonchev–Trinajstić information content (AvgIpc) is 2.30. The van der Waals surface area contributed by atoms with Gasteiger partial charge in [0.15, 0.2) is 0 Å². The number of carbonyl (C=O) groups is 1. The van der Waals surface area contributed by atoms with Crippen LogP contribution in [0.5, 0.6) is 0 Å². The van der Waals surface area contributed by atoms with Crippen LogP contribution in [0.3, 0.4) is 0 Å². The minimum Gasteiger partial charge on any atom is -0.481 e. The summed E-state index contributed by atoms with van der Waals surface area (Å²) in [5, 5.41) is 9.25. The highest BCUT2D eigenvalue weighted by molar-refractivity contribution is 5.76. The van der Waals surface area contributed by atoms with E-state index in [-0.39, 0.29) is 0 Å². The van der Waals surface area contributed by atoms with Crippen molar-refractivity contribution in [2.75, 3.05) is 13.2 Å². The van der Waals surface area contributed by atoms with Gasteiger partial charge in [-0.2, -0.15) is 0 Å². The lowest BCUT2D eigenvalue weighted by molar-refractivity contribution is -0.193. The predicted octanol–water partition coefficient (Wildman–Crippen LogP) is 2.06. The number of rotatable bonds is 2. The Labute approximate surface area is 84.4 Å². The first-order chi connectivity index (χ1) is 6.76. The molecule has 0 unspecified atom stereocenters. The fourth-order valence-electron chi connectivity index (χ4n) is 2.69. The average molecular weight is 198 g/mol. The van der Waals surface area contributed by atoms with Crippen molar-refractivity contribution in [2.45, 2.75) is 38.5 Å². The fraction of sp³-hybridized carbons (Fsp3) is 0.909. The van der Waals surface area contributed by atoms with Crippen molar-refractivity contribution in [3.8, 4) is 0 Å². The van der Waals surface area contributed by atoms with Gasteiger partial charge in [-0.1, -0.05) is 25.7 Å². The second-order valence-electron chi connectivity index (χ2n) is 4.64. The van der Waals surface area contributed by atoms with Crippen molar-refractivity contribution in [3.05, 3.63) is 0 Å². The van der Waals surface area contributed by atoms with Crippen molar-refractivity contribution in [2.24, 2.45) is 11.3 Å². The van der Waals surface area contributed by atoms with E-state index in [1.54, 1.807) is 0 Å². The molecule has 0 radical (unpaired) electrons. The van der Waals surface area contributed by atoms with Gasteiger partial charge in [0, 0.05) is 0 Å². The quantitative estimate of drug-likeness (QED) is 0.691. The maximum absolute atomic E-state index is 11.2. The molecule has 0 bridgehead atoms. The molecule has 1 saturated carbocycles. The van der Waals surface area contributed by atoms with Crippen LogP contribution in [0.15, 0.2) is 0 Å². The van der Waals surface area contributed by atoms with E-state index in [1.807, 2.05) is 0 Å². The normalized spacial score (nSPS) is 27.7. The third-order valence-electron chi connectivity index (χ3n) is 3.78. The van der Waals surface area contributed by atoms with Crippen LogP contribution in [0.25, 0.3) is 0 Å². The van der Waals surface area contributed by atoms with Gasteiger partial charge in [-0.3, -0.25) is 4.79 Å². The summed E-state index contributed by atoms with van der Waals surface area (Å²) in [6, 6.07) is 0. The summed E-state index contributed by atoms with van der Waals surface area (Å²) in [4.78, 5) is 11.2. The molecule has 80 valence electrons. The van der Waals surface area contributed by atoms with Gasteiger partial charge in [0.2, 0.25) is 0 Å². The van der Waals surface area contributed by atoms with Crippen LogP contribution in [0.1, 0.15) is 38.5 Å². The Kier molecular flexibility index (Phi) is 2.77. The third-order valence-corrected chi connectivity index (χ3v) is 3.78. The third kappa shape index (κ3) is 1.54. The molecule has 0 spiro atoms. The van der Waals surface area contributed by atoms with Crippen LogP contribution >= 0.6 is 0 Å². The van der Waals surface area contributed by atoms with Crippen molar-refractivity contribution < 1.29 is 14.6 Å². The van der Waals surface area contributed by atoms with Crippen molar-refractivity contribution in [3.63, 3.8) is 0 Å². The highest BCUT2D eigenvalue weighted by Gasteiger charge is 2.51. The molecule has 3 nitrogen and oxygen atoms in total. The molecular weight excluding hydrogens is 180 g/mol. The molecule has 2 aliphatic rings. The Balaban J connectivity index is 2.06. The fourth-order valence-corrected chi connectivity index (χ4v) is 2.69. The van der Waals surface area contributed by atoms with Crippen LogP contribution in [-0.4, -0.2) is 24.3 Å². The van der Waals surface area contributed by atoms with Crippen LogP contribution in [-0.2, 0) is 9.53 Å². The van der Waals surface area contributed by atoms with Gasteiger partial charge in [0.05, 0.1) is 13.2 Å². The number of hydrogen-bond donors (Lipinski definition) is 1. The van der Waals surface area contributed by atoms with Crippen molar-refractivity contribution in [1.29, 1.82) is 0 Å². The molecule has 1 saturated heterocycles. The summed E-state index contributed by atoms with van der Waals surface area (Å²) >= 11 is 0. The van der Waals surface area contributed by atoms with Crippen molar-refractivity contribution in [1.82, 2.24) is 0 Å². The summed E-state index contributed by atoms with van der Waals surface area (Å²) in [5.41, 5.74) is -0.523. The van der Waals surface area contributed by atoms with Crippen LogP contribution < -0.4 is 0 Å². The van der Waals surface area contributed by atoms with E-state index >= 15 is 0 Å². The Morgan fingerprint density at radius 2 is 1.71 bits per heavy atom. The lowest BCUT2D eigenvalue weighted by Gasteiger charge is -2.43. The first kappa shape index (κ1) is 9.97. The van der Waals surface area contributed by atoms with E-state index in [9.17, 15) is 9.90 Å². The summed E-state index contributed by atoms with van der Waals surface area (Å²) in [6.07, 6.45) is 7.09. The summed E-state index contributed by atoms with van der Waals surface area (Å²) in [5.74, 6) is -0.285. The molecule has 0 aromatic carbocycles. The van der Waals surface area contributed by atoms with Gasteiger partial charge >= 0.3 is 5.97 Å². The van der Waals surface area contributed by atoms with E-state index in [2.05, 4.69) is 0 Å². The topological polar surface area (TPSA) is 46.5 Å². The van der Waals surface area contributed by atoms with E-state index in [0.717, 1.165) is 12.8 Å². The second kappa shape index (κ2) is 3.89. The molecule has 3 heteroatoms. The Morgan fingerprint density at radius 3 is 2.07 bits per heavy atom. The van der Waals surface area contributed by atoms with Crippen molar-refractivity contribution >= 4 is 5.97 Å². The molecule has 0 aromatic heterocycles. The molecular formula is C11H18O3. The molecule has 1 heterocycles. The van der Waals surface area contributed by atoms with E-state index < -0.39 is 11.4 Å². The zero-order chi connectivity index (χ0) is 10.0. The van der Waals surface area contributed by atoms with Gasteiger partial charge in [0.1, 0.15) is 5.41 Å². The molecule has 1 aliphatic heterocycles. The SMILES string of the molecule is O=C(O)C1(C2CCCCCC2)COC1. The zero-order valence-corrected chi connectivity index (χ0v) is 8.50. The number of hydrogen-bond acceptors (Lipinski definition) is 2. The largest absolute Gasteiger partial charge is 0.481 e. The predicted molar refractivity (Wildman–Crippen MR) is 52.1 cm³/mol. The number of carboxylic acids is 1. The molecule has 0 amide bonds. The number of carboxylic acid groups (broad SMARTS) is 1. The van der Waals surface area contributed by atoms with E-state index in [4.69, 9.17) is 4.74 Å². The highest BCUT2D eigenvalue weighted by Crippen LogP contribution is 2.43. The van der Waals surface area contributed by atoms with Crippen LogP contribution in [0.2, 0.25) is 0 Å². The lowest BCUT2D eigenvalue weighted by atomic mass is 9.70. The monoisotopic (exact) mass is 198 g/mol. The minimum atomic E-state index is -0.643. The molecule has 1 aliphatic carbocycles. The standard InChI is InChI=1S/C11H18O3/c12-10(13)11(7-14-8-11)9-5-3-1-2-4-6-9/h9H,1-8H2,(H,12,13). The Morgan fingerprint density at radius 1 is 1.14 bits per heavy atom. The molecule has 0 aromatic rings. The van der Waals surface area contributed by atoms with E-state index in [0.29, 0.717) is 19.1 Å². The molecule has 14 heavy (non-hydrogen) atoms. The smallest absolute Gasteiger partial charge is 0.314 e. The first-order valence-corrected chi connectivity index (χ1v) is 5.57. The van der Waals surface area contributed by atoms with Crippen LogP contribution in [0, 0.1) is 11.3 Å². The summed E-state index contributed by atoms with van der Waals surface area (Å²) < 4.78 is 5.11. The zero-order valence-electron chi connectivity index (χ0n) is 8.50. The van der Waals surface area contributed by atoms with Gasteiger partial charge in [-0.05, 0) is 18.8 Å². The second-order valence-corrected chi connectivity index (χ2v) is 4.64. The van der Waals surface area contributed by atoms with Gasteiger partial charge in [0.25, 0.3) is 0 Å². The summed E-state index contributed by atoms with van der Waals surface area (Å²) in [6.45, 7) is 0.875. The van der Waals surface area contributed by atoms with E-state index in [1.165, 1.54) is 25.7 Å². The van der Waals surface area contributed by atoms with Gasteiger partial charge in [-0.25, -0.2) is 0 Å².